The Labute approximate surface area is 107 Å². The van der Waals surface area contributed by atoms with Crippen LogP contribution in [-0.2, 0) is 0 Å². The number of nitrogens with one attached hydrogen (secondary N) is 1. The monoisotopic (exact) mass is 248 g/mol. The van der Waals surface area contributed by atoms with Crippen LogP contribution in [0.15, 0.2) is 6.07 Å². The topological polar surface area (TPSA) is 62.2 Å². The van der Waals surface area contributed by atoms with E-state index in [1.165, 1.54) is 19.3 Å². The molecule has 1 aliphatic carbocycles. The first-order chi connectivity index (χ1) is 8.58. The van der Waals surface area contributed by atoms with E-state index in [1.807, 2.05) is 13.0 Å². The third-order valence-electron chi connectivity index (χ3n) is 3.64. The Hall–Kier alpha value is -1.58. The molecule has 1 saturated carbocycles. The SMILES string of the molecule is Cc1cc(NCCC2CCC2)c(C(=O)O)c(C)n1. The molecule has 1 fully saturated rings. The fourth-order valence-electron chi connectivity index (χ4n) is 2.43. The molecule has 0 radical (unpaired) electrons. The van der Waals surface area contributed by atoms with Crippen molar-refractivity contribution in [3.63, 3.8) is 0 Å². The van der Waals surface area contributed by atoms with Gasteiger partial charge >= 0.3 is 5.97 Å². The van der Waals surface area contributed by atoms with Gasteiger partial charge in [-0.05, 0) is 32.3 Å². The summed E-state index contributed by atoms with van der Waals surface area (Å²) in [6.45, 7) is 4.47. The summed E-state index contributed by atoms with van der Waals surface area (Å²) in [4.78, 5) is 15.4. The molecule has 0 aromatic carbocycles. The van der Waals surface area contributed by atoms with Gasteiger partial charge in [-0.3, -0.25) is 4.98 Å². The van der Waals surface area contributed by atoms with E-state index in [0.29, 0.717) is 16.9 Å². The van der Waals surface area contributed by atoms with E-state index in [-0.39, 0.29) is 0 Å². The molecule has 0 aliphatic heterocycles. The molecule has 0 atom stereocenters. The fraction of sp³-hybridized carbons (Fsp3) is 0.571. The van der Waals surface area contributed by atoms with Crippen LogP contribution in [0.4, 0.5) is 5.69 Å². The molecular formula is C14H20N2O2. The maximum absolute atomic E-state index is 11.2. The minimum atomic E-state index is -0.911. The lowest BCUT2D eigenvalue weighted by atomic mass is 9.83. The number of anilines is 1. The van der Waals surface area contributed by atoms with Gasteiger partial charge < -0.3 is 10.4 Å². The number of nitrogens with zero attached hydrogens (tertiary/aromatic N) is 1. The zero-order chi connectivity index (χ0) is 13.1. The normalized spacial score (nSPS) is 15.2. The first kappa shape index (κ1) is 12.9. The number of aromatic carboxylic acids is 1. The van der Waals surface area contributed by atoms with Crippen LogP contribution in [0.5, 0.6) is 0 Å². The summed E-state index contributed by atoms with van der Waals surface area (Å²) < 4.78 is 0. The number of aryl methyl sites for hydroxylation is 2. The minimum absolute atomic E-state index is 0.300. The van der Waals surface area contributed by atoms with Crippen molar-refractivity contribution in [1.29, 1.82) is 0 Å². The Kier molecular flexibility index (Phi) is 3.84. The lowest BCUT2D eigenvalue weighted by Crippen LogP contribution is -2.17. The maximum Gasteiger partial charge on any atom is 0.339 e. The lowest BCUT2D eigenvalue weighted by Gasteiger charge is -2.25. The van der Waals surface area contributed by atoms with Gasteiger partial charge in [0.05, 0.1) is 11.4 Å². The highest BCUT2D eigenvalue weighted by Gasteiger charge is 2.18. The van der Waals surface area contributed by atoms with Gasteiger partial charge in [-0.25, -0.2) is 4.79 Å². The first-order valence-electron chi connectivity index (χ1n) is 6.53. The molecule has 0 saturated heterocycles. The minimum Gasteiger partial charge on any atom is -0.478 e. The predicted molar refractivity (Wildman–Crippen MR) is 71.1 cm³/mol. The van der Waals surface area contributed by atoms with Crippen LogP contribution in [0, 0.1) is 19.8 Å². The summed E-state index contributed by atoms with van der Waals surface area (Å²) in [5.74, 6) is -0.0825. The fourth-order valence-corrected chi connectivity index (χ4v) is 2.43. The van der Waals surface area contributed by atoms with E-state index < -0.39 is 5.97 Å². The van der Waals surface area contributed by atoms with E-state index in [0.717, 1.165) is 24.6 Å². The molecule has 4 heteroatoms. The molecule has 1 aromatic heterocycles. The van der Waals surface area contributed by atoms with Crippen molar-refractivity contribution in [2.24, 2.45) is 5.92 Å². The summed E-state index contributed by atoms with van der Waals surface area (Å²) in [6.07, 6.45) is 5.11. The highest BCUT2D eigenvalue weighted by Crippen LogP contribution is 2.29. The highest BCUT2D eigenvalue weighted by atomic mass is 16.4. The van der Waals surface area contributed by atoms with Gasteiger partial charge in [0.2, 0.25) is 0 Å². The predicted octanol–water partition coefficient (Wildman–Crippen LogP) is 3.00. The summed E-state index contributed by atoms with van der Waals surface area (Å²) in [6, 6.07) is 1.82. The van der Waals surface area contributed by atoms with Crippen LogP contribution < -0.4 is 5.32 Å². The van der Waals surface area contributed by atoms with Gasteiger partial charge in [-0.2, -0.15) is 0 Å². The molecule has 0 unspecified atom stereocenters. The molecule has 1 heterocycles. The van der Waals surface area contributed by atoms with E-state index in [4.69, 9.17) is 0 Å². The van der Waals surface area contributed by atoms with E-state index in [2.05, 4.69) is 10.3 Å². The summed E-state index contributed by atoms with van der Waals surface area (Å²) >= 11 is 0. The maximum atomic E-state index is 11.2. The largest absolute Gasteiger partial charge is 0.478 e. The number of pyridine rings is 1. The van der Waals surface area contributed by atoms with E-state index >= 15 is 0 Å². The van der Waals surface area contributed by atoms with Crippen molar-refractivity contribution >= 4 is 11.7 Å². The van der Waals surface area contributed by atoms with Gasteiger partial charge in [0, 0.05) is 12.2 Å². The Balaban J connectivity index is 2.07. The average molecular weight is 248 g/mol. The van der Waals surface area contributed by atoms with Gasteiger partial charge in [-0.1, -0.05) is 19.3 Å². The molecule has 2 rings (SSSR count). The number of rotatable bonds is 5. The second kappa shape index (κ2) is 5.38. The number of aromatic nitrogens is 1. The van der Waals surface area contributed by atoms with Crippen molar-refractivity contribution in [2.45, 2.75) is 39.5 Å². The number of carboxylic acids is 1. The first-order valence-corrected chi connectivity index (χ1v) is 6.53. The summed E-state index contributed by atoms with van der Waals surface area (Å²) in [5.41, 5.74) is 2.43. The van der Waals surface area contributed by atoms with Crippen LogP contribution in [0.1, 0.15) is 47.4 Å². The van der Waals surface area contributed by atoms with E-state index in [1.54, 1.807) is 6.92 Å². The third kappa shape index (κ3) is 2.81. The van der Waals surface area contributed by atoms with Crippen LogP contribution in [-0.4, -0.2) is 22.6 Å². The van der Waals surface area contributed by atoms with Gasteiger partial charge in [0.1, 0.15) is 5.56 Å². The smallest absolute Gasteiger partial charge is 0.339 e. The summed E-state index contributed by atoms with van der Waals surface area (Å²) in [7, 11) is 0. The van der Waals surface area contributed by atoms with Crippen molar-refractivity contribution < 1.29 is 9.90 Å². The second-order valence-corrected chi connectivity index (χ2v) is 5.09. The van der Waals surface area contributed by atoms with Crippen LogP contribution in [0.3, 0.4) is 0 Å². The second-order valence-electron chi connectivity index (χ2n) is 5.09. The third-order valence-corrected chi connectivity index (χ3v) is 3.64. The number of hydrogen-bond donors (Lipinski definition) is 2. The standard InChI is InChI=1S/C14H20N2O2/c1-9-8-12(13(14(17)18)10(2)16-9)15-7-6-11-4-3-5-11/h8,11H,3-7H2,1-2H3,(H,15,16)(H,17,18). The van der Waals surface area contributed by atoms with Gasteiger partial charge in [-0.15, -0.1) is 0 Å². The Morgan fingerprint density at radius 2 is 2.22 bits per heavy atom. The molecule has 0 bridgehead atoms. The van der Waals surface area contributed by atoms with Crippen molar-refractivity contribution in [3.8, 4) is 0 Å². The Morgan fingerprint density at radius 3 is 2.78 bits per heavy atom. The molecule has 18 heavy (non-hydrogen) atoms. The molecule has 2 N–H and O–H groups in total. The van der Waals surface area contributed by atoms with E-state index in [9.17, 15) is 9.90 Å². The zero-order valence-electron chi connectivity index (χ0n) is 11.0. The van der Waals surface area contributed by atoms with Crippen LogP contribution >= 0.6 is 0 Å². The molecule has 4 nitrogen and oxygen atoms in total. The lowest BCUT2D eigenvalue weighted by molar-refractivity contribution is 0.0696. The molecule has 0 spiro atoms. The molecule has 98 valence electrons. The molecule has 1 aliphatic rings. The molecule has 1 aromatic rings. The van der Waals surface area contributed by atoms with Crippen LogP contribution in [0.25, 0.3) is 0 Å². The van der Waals surface area contributed by atoms with Crippen LogP contribution in [0.2, 0.25) is 0 Å². The molecule has 0 amide bonds. The Bertz CT molecular complexity index is 453. The molecular weight excluding hydrogens is 228 g/mol. The highest BCUT2D eigenvalue weighted by molar-refractivity contribution is 5.95. The van der Waals surface area contributed by atoms with Gasteiger partial charge in [0.15, 0.2) is 0 Å². The number of hydrogen-bond acceptors (Lipinski definition) is 3. The quantitative estimate of drug-likeness (QED) is 0.840. The van der Waals surface area contributed by atoms with Gasteiger partial charge in [0.25, 0.3) is 0 Å². The van der Waals surface area contributed by atoms with Crippen molar-refractivity contribution in [2.75, 3.05) is 11.9 Å². The average Bonchev–Trinajstić information content (AvgIpc) is 2.19. The number of carboxylic acid groups (broad SMARTS) is 1. The van der Waals surface area contributed by atoms with Crippen molar-refractivity contribution in [3.05, 3.63) is 23.0 Å². The van der Waals surface area contributed by atoms with Crippen molar-refractivity contribution in [1.82, 2.24) is 4.98 Å². The Morgan fingerprint density at radius 1 is 1.50 bits per heavy atom. The zero-order valence-corrected chi connectivity index (χ0v) is 11.0. The number of carbonyl (C=O) groups is 1. The summed E-state index contributed by atoms with van der Waals surface area (Å²) in [5, 5.41) is 12.5.